The number of unbranched alkanes of at least 4 members (excludes halogenated alkanes) is 3. The van der Waals surface area contributed by atoms with Gasteiger partial charge in [-0.1, -0.05) is 69.8 Å². The van der Waals surface area contributed by atoms with Gasteiger partial charge in [0.25, 0.3) is 0 Å². The van der Waals surface area contributed by atoms with Gasteiger partial charge in [-0.15, -0.1) is 0 Å². The van der Waals surface area contributed by atoms with Gasteiger partial charge in [0.05, 0.1) is 30.2 Å². The lowest BCUT2D eigenvalue weighted by atomic mass is 9.87. The topological polar surface area (TPSA) is 493 Å². The highest BCUT2D eigenvalue weighted by molar-refractivity contribution is 6.31. The van der Waals surface area contributed by atoms with Crippen molar-refractivity contribution in [1.29, 1.82) is 0 Å². The molecule has 15 atom stereocenters. The molecule has 19 N–H and O–H groups in total. The highest BCUT2D eigenvalue weighted by Gasteiger charge is 2.48. The summed E-state index contributed by atoms with van der Waals surface area (Å²) in [6, 6.07) is -3.56. The zero-order valence-electron chi connectivity index (χ0n) is 56.7. The number of aromatic hydroxyl groups is 3. The Kier molecular flexibility index (Phi) is 24.2. The van der Waals surface area contributed by atoms with Crippen molar-refractivity contribution in [3.05, 3.63) is 111 Å². The third kappa shape index (κ3) is 17.5. The standard InChI is InChI=1S/C70H85ClN10O22/c1-6-7-8-9-18-73-70(99)76-49(86)27-41-63(93)77-52-34-23-46(100-44-16-11-32(20-30(44)4)56(87)54(67(97)75-41)80-62(92)40(72-5)19-29(2)3)61(103-69-60(91)59(90)58(89)48(28-82)102-69)47(24-34)101-45-17-12-33(22-39(45)71)57(88)55-68(98)79-53(66(96)74-35-13-14-35)38-25-36(83)26-43(85)50(38)37-21-31(10-15-42(37)84)51(64(94)81-55)78-65(52)95/h10-11,15-17,20-26,29,33,35,40-41,48,51-60,69,72,82-85,87-91H,6-9,12-14,18-19,27-28H2,1-5H3,(H,74,96)(H,75,97)(H,77,93)(H,78,95)(H,79,98)(H,80,92)(H,81,94)(H2,73,76,86,99)/t33-,40+,41-,48+,51+,52+,53-,54+,55-,56+,57+,58+,59-,60+,69-/m0/s1. The SMILES string of the molecule is CCCCCCNC(=O)NC(=O)C[C@@H]1NC(=O)[C@H](NC(=O)[C@@H](CC(C)C)NC)[C@H](O)c2ccc(c(C)c2)Oc2cc3cc(c2O[C@@H]2O[C@H](CO)[C@@H](O)[C@H](O)[C@H]2O)OC2=CC[C@@H](C=C2Cl)[C@@H](O)[C@@H]2NC(=O)[C@H](NC(=O)[C@@H]3NC1=O)c1ccc(O)c(c1)-c1c(O)cc(O)cc1[C@@H](C(=O)NC1CC1)NC2=O. The molecule has 4 aromatic carbocycles. The second-order valence-corrected chi connectivity index (χ2v) is 27.1. The first-order valence-electron chi connectivity index (χ1n) is 33.9. The molecule has 0 spiro atoms. The Morgan fingerprint density at radius 2 is 1.42 bits per heavy atom. The molecule has 2 fully saturated rings. The number of aryl methyl sites for hydroxylation is 1. The number of carbonyl (C=O) groups is 9. The molecule has 33 heteroatoms. The number of amides is 10. The van der Waals surface area contributed by atoms with Crippen LogP contribution in [0.5, 0.6) is 40.2 Å². The van der Waals surface area contributed by atoms with Gasteiger partial charge in [0.2, 0.25) is 59.3 Å². The molecule has 103 heavy (non-hydrogen) atoms. The number of fused-ring (bicyclic) bond motifs is 14. The first-order valence-corrected chi connectivity index (χ1v) is 34.3. The van der Waals surface area contributed by atoms with Gasteiger partial charge in [0, 0.05) is 35.7 Å². The molecule has 8 aliphatic rings. The van der Waals surface area contributed by atoms with E-state index in [1.54, 1.807) is 0 Å². The smallest absolute Gasteiger partial charge is 0.321 e. The summed E-state index contributed by atoms with van der Waals surface area (Å²) in [5.74, 6) is -14.9. The van der Waals surface area contributed by atoms with E-state index in [1.807, 2.05) is 20.8 Å². The van der Waals surface area contributed by atoms with E-state index in [0.717, 1.165) is 61.7 Å². The summed E-state index contributed by atoms with van der Waals surface area (Å²) in [5.41, 5.74) is -1.56. The lowest BCUT2D eigenvalue weighted by molar-refractivity contribution is -0.277. The highest BCUT2D eigenvalue weighted by Crippen LogP contribution is 2.48. The number of aliphatic hydroxyl groups excluding tert-OH is 6. The summed E-state index contributed by atoms with van der Waals surface area (Å²) in [7, 11) is 1.49. The van der Waals surface area contributed by atoms with E-state index in [2.05, 4.69) is 53.2 Å². The third-order valence-electron chi connectivity index (χ3n) is 18.5. The minimum absolute atomic E-state index is 0.0320. The fraction of sp³-hybridized carbons (Fsp3) is 0.471. The Hall–Kier alpha value is -9.64. The van der Waals surface area contributed by atoms with E-state index in [-0.39, 0.29) is 81.3 Å². The molecule has 0 unspecified atom stereocenters. The molecule has 4 aromatic rings. The maximum Gasteiger partial charge on any atom is 0.321 e. The number of nitrogens with one attached hydrogen (secondary N) is 10. The van der Waals surface area contributed by atoms with Crippen molar-refractivity contribution >= 4 is 64.9 Å². The molecule has 554 valence electrons. The number of hydrogen-bond acceptors (Lipinski definition) is 23. The number of hydrogen-bond donors (Lipinski definition) is 19. The largest absolute Gasteiger partial charge is 0.508 e. The zero-order chi connectivity index (χ0) is 74.4. The van der Waals surface area contributed by atoms with Crippen molar-refractivity contribution in [2.24, 2.45) is 11.8 Å². The number of urea groups is 1. The van der Waals surface area contributed by atoms with Gasteiger partial charge in [0.1, 0.15) is 95.5 Å². The van der Waals surface area contributed by atoms with Crippen LogP contribution in [0.4, 0.5) is 4.79 Å². The number of aliphatic hydroxyl groups is 6. The summed E-state index contributed by atoms with van der Waals surface area (Å²) in [6.07, 6.45) is -8.21. The monoisotopic (exact) mass is 1450 g/mol. The molecule has 6 aliphatic heterocycles. The molecule has 12 rings (SSSR count). The number of rotatable bonds is 17. The maximum absolute atomic E-state index is 16.2. The van der Waals surface area contributed by atoms with E-state index in [9.17, 15) is 65.1 Å². The first-order chi connectivity index (χ1) is 49.0. The molecule has 6 heterocycles. The van der Waals surface area contributed by atoms with Gasteiger partial charge in [-0.25, -0.2) is 4.79 Å². The van der Waals surface area contributed by atoms with Crippen LogP contribution < -0.4 is 67.4 Å². The molecule has 10 amide bonds. The number of ether oxygens (including phenoxy) is 4. The minimum atomic E-state index is -2.31. The second kappa shape index (κ2) is 32.8. The predicted octanol–water partition coefficient (Wildman–Crippen LogP) is 0.926. The van der Waals surface area contributed by atoms with Crippen molar-refractivity contribution in [3.8, 4) is 51.4 Å². The van der Waals surface area contributed by atoms with Crippen molar-refractivity contribution < 1.29 is 108 Å². The van der Waals surface area contributed by atoms with E-state index in [0.29, 0.717) is 19.3 Å². The highest BCUT2D eigenvalue weighted by atomic mass is 35.5. The van der Waals surface area contributed by atoms with E-state index < -0.39 is 198 Å². The summed E-state index contributed by atoms with van der Waals surface area (Å²) in [4.78, 5) is 134. The van der Waals surface area contributed by atoms with Gasteiger partial charge in [-0.3, -0.25) is 43.7 Å². The number of phenolic OH excluding ortho intramolecular Hbond substituents is 3. The molecule has 2 aliphatic carbocycles. The summed E-state index contributed by atoms with van der Waals surface area (Å²) < 4.78 is 25.5. The molecule has 11 bridgehead atoms. The van der Waals surface area contributed by atoms with Crippen molar-refractivity contribution in [2.45, 2.75) is 177 Å². The van der Waals surface area contributed by atoms with Crippen LogP contribution in [0, 0.1) is 18.8 Å². The van der Waals surface area contributed by atoms with Gasteiger partial charge in [-0.2, -0.15) is 0 Å². The molecule has 0 radical (unpaired) electrons. The lowest BCUT2D eigenvalue weighted by Gasteiger charge is -2.40. The number of allylic oxidation sites excluding steroid dienone is 2. The van der Waals surface area contributed by atoms with Gasteiger partial charge >= 0.3 is 6.03 Å². The van der Waals surface area contributed by atoms with Crippen LogP contribution in [0.1, 0.15) is 131 Å². The fourth-order valence-electron chi connectivity index (χ4n) is 12.7. The Labute approximate surface area is 595 Å². The Morgan fingerprint density at radius 3 is 2.10 bits per heavy atom. The van der Waals surface area contributed by atoms with Gasteiger partial charge < -0.3 is 113 Å². The Balaban J connectivity index is 1.20. The minimum Gasteiger partial charge on any atom is -0.508 e. The average Bonchev–Trinajstić information content (AvgIpc) is 1.74. The number of halogens is 1. The lowest BCUT2D eigenvalue weighted by Crippen LogP contribution is -2.60. The normalized spacial score (nSPS) is 26.7. The summed E-state index contributed by atoms with van der Waals surface area (Å²) in [5, 5.41) is 129. The van der Waals surface area contributed by atoms with Crippen LogP contribution in [0.2, 0.25) is 0 Å². The molecule has 1 saturated carbocycles. The Bertz CT molecular complexity index is 4000. The molecule has 0 aromatic heterocycles. The van der Waals surface area contributed by atoms with E-state index in [4.69, 9.17) is 30.5 Å². The van der Waals surface area contributed by atoms with Crippen LogP contribution in [0.15, 0.2) is 83.6 Å². The van der Waals surface area contributed by atoms with Crippen LogP contribution in [0.25, 0.3) is 11.1 Å². The van der Waals surface area contributed by atoms with Crippen LogP contribution in [-0.4, -0.2) is 186 Å². The summed E-state index contributed by atoms with van der Waals surface area (Å²) in [6.45, 7) is 6.36. The second-order valence-electron chi connectivity index (χ2n) is 26.7. The fourth-order valence-corrected chi connectivity index (χ4v) is 13.0. The average molecular weight is 1450 g/mol. The number of carbonyl (C=O) groups excluding carboxylic acids is 9. The number of imide groups is 1. The zero-order valence-corrected chi connectivity index (χ0v) is 57.5. The molecule has 32 nitrogen and oxygen atoms in total. The van der Waals surface area contributed by atoms with Crippen molar-refractivity contribution in [2.75, 3.05) is 20.2 Å². The quantitative estimate of drug-likeness (QED) is 0.0654. The van der Waals surface area contributed by atoms with Crippen LogP contribution >= 0.6 is 11.6 Å². The number of likely N-dealkylation sites (N-methyl/N-ethyl adjacent to an activating group) is 1. The van der Waals surface area contributed by atoms with E-state index >= 15 is 24.0 Å². The first kappa shape index (κ1) is 76.0. The van der Waals surface area contributed by atoms with Gasteiger partial charge in [-0.05, 0) is 128 Å². The molecular formula is C70H85ClN10O22. The number of phenols is 3. The summed E-state index contributed by atoms with van der Waals surface area (Å²) >= 11 is 7.10. The van der Waals surface area contributed by atoms with E-state index in [1.165, 1.54) is 44.3 Å². The predicted molar refractivity (Wildman–Crippen MR) is 363 cm³/mol. The Morgan fingerprint density at radius 1 is 0.718 bits per heavy atom. The maximum atomic E-state index is 16.2. The molecular weight excluding hydrogens is 1370 g/mol. The van der Waals surface area contributed by atoms with Gasteiger partial charge in [0.15, 0.2) is 11.5 Å². The van der Waals surface area contributed by atoms with Crippen LogP contribution in [0.3, 0.4) is 0 Å². The molecule has 1 saturated heterocycles. The number of benzene rings is 4. The third-order valence-corrected chi connectivity index (χ3v) is 18.8. The van der Waals surface area contributed by atoms with Crippen molar-refractivity contribution in [1.82, 2.24) is 53.2 Å². The van der Waals surface area contributed by atoms with Crippen molar-refractivity contribution in [3.63, 3.8) is 0 Å². The van der Waals surface area contributed by atoms with Crippen LogP contribution in [-0.2, 0) is 43.1 Å².